The third-order valence-corrected chi connectivity index (χ3v) is 13.9. The molecule has 5 heteroatoms. The first kappa shape index (κ1) is 40.1. The van der Waals surface area contributed by atoms with Crippen LogP contribution in [0.1, 0.15) is 116 Å². The maximum atomic E-state index is 7.03. The summed E-state index contributed by atoms with van der Waals surface area (Å²) in [7, 11) is -2.34. The second-order valence-corrected chi connectivity index (χ2v) is 22.1. The molecule has 1 aromatic heterocycles. The first-order chi connectivity index (χ1) is 25.3. The lowest BCUT2D eigenvalue weighted by molar-refractivity contribution is 0.374. The van der Waals surface area contributed by atoms with Crippen LogP contribution in [0.3, 0.4) is 0 Å². The summed E-state index contributed by atoms with van der Waals surface area (Å²) in [5.41, 5.74) is 8.92. The average molecular weight is 759 g/mol. The summed E-state index contributed by atoms with van der Waals surface area (Å²) in [6.45, 7) is 27.9. The van der Waals surface area contributed by atoms with Crippen LogP contribution >= 0.6 is 16.2 Å². The van der Waals surface area contributed by atoms with Gasteiger partial charge in [-0.2, -0.15) is 0 Å². The predicted octanol–water partition coefficient (Wildman–Crippen LogP) is 13.8. The maximum absolute atomic E-state index is 7.03. The molecule has 0 unspecified atom stereocenters. The Morgan fingerprint density at radius 1 is 0.500 bits per heavy atom. The average Bonchev–Trinajstić information content (AvgIpc) is 3.26. The third kappa shape index (κ3) is 9.08. The lowest BCUT2D eigenvalue weighted by Gasteiger charge is -2.27. The Labute approximate surface area is 326 Å². The van der Waals surface area contributed by atoms with E-state index in [-0.39, 0.29) is 21.7 Å². The molecule has 0 spiro atoms. The van der Waals surface area contributed by atoms with E-state index in [2.05, 4.69) is 192 Å². The lowest BCUT2D eigenvalue weighted by atomic mass is 9.77. The van der Waals surface area contributed by atoms with Gasteiger partial charge in [0.25, 0.3) is 0 Å². The molecule has 0 radical (unpaired) electrons. The SMILES string of the molecule is CC(C)(C)c1cc(C(C)(C)C)c2op(OCCc3ccccc3CP(c3ccccc3)c3ccccc3)oc3c(C(C)(C)C)cc(C(C)(C)C)cc3c2c1. The van der Waals surface area contributed by atoms with Crippen molar-refractivity contribution in [3.05, 3.63) is 143 Å². The molecule has 5 aromatic carbocycles. The van der Waals surface area contributed by atoms with Crippen molar-refractivity contribution in [2.45, 2.75) is 117 Å². The molecular formula is C49H60O3P2. The van der Waals surface area contributed by atoms with Crippen molar-refractivity contribution in [3.8, 4) is 0 Å². The van der Waals surface area contributed by atoms with Crippen LogP contribution in [0.5, 0.6) is 0 Å². The van der Waals surface area contributed by atoms with E-state index in [1.807, 2.05) is 0 Å². The first-order valence-corrected chi connectivity index (χ1v) is 22.0. The Balaban J connectivity index is 1.47. The van der Waals surface area contributed by atoms with Crippen molar-refractivity contribution in [1.82, 2.24) is 0 Å². The highest BCUT2D eigenvalue weighted by atomic mass is 31.1. The molecule has 0 aliphatic carbocycles. The molecule has 0 saturated heterocycles. The molecule has 0 N–H and O–H groups in total. The zero-order valence-corrected chi connectivity index (χ0v) is 36.4. The van der Waals surface area contributed by atoms with Gasteiger partial charge in [-0.05, 0) is 81.0 Å². The molecule has 0 atom stereocenters. The lowest BCUT2D eigenvalue weighted by Crippen LogP contribution is -2.17. The predicted molar refractivity (Wildman–Crippen MR) is 235 cm³/mol. The van der Waals surface area contributed by atoms with E-state index < -0.39 is 16.2 Å². The van der Waals surface area contributed by atoms with E-state index in [4.69, 9.17) is 12.9 Å². The highest BCUT2D eigenvalue weighted by molar-refractivity contribution is 7.72. The molecule has 54 heavy (non-hydrogen) atoms. The Morgan fingerprint density at radius 3 is 1.31 bits per heavy atom. The fraction of sp³-hybridized carbons (Fsp3) is 0.388. The van der Waals surface area contributed by atoms with Crippen LogP contribution in [0.25, 0.3) is 21.9 Å². The van der Waals surface area contributed by atoms with Crippen molar-refractivity contribution in [1.29, 1.82) is 0 Å². The smallest absolute Gasteiger partial charge is 0.387 e. The minimum Gasteiger partial charge on any atom is -0.399 e. The summed E-state index contributed by atoms with van der Waals surface area (Å²) in [6.07, 6.45) is 1.73. The van der Waals surface area contributed by atoms with E-state index in [9.17, 15) is 0 Å². The second kappa shape index (κ2) is 15.5. The van der Waals surface area contributed by atoms with Crippen molar-refractivity contribution in [3.63, 3.8) is 0 Å². The van der Waals surface area contributed by atoms with Crippen LogP contribution in [0.2, 0.25) is 0 Å². The summed E-state index contributed by atoms with van der Waals surface area (Å²) in [6, 6.07) is 40.2. The second-order valence-electron chi connectivity index (χ2n) is 18.8. The van der Waals surface area contributed by atoms with Gasteiger partial charge in [-0.15, -0.1) is 0 Å². The largest absolute Gasteiger partial charge is 0.399 e. The normalized spacial score (nSPS) is 12.9. The van der Waals surface area contributed by atoms with Gasteiger partial charge in [0.15, 0.2) is 0 Å². The highest BCUT2D eigenvalue weighted by Crippen LogP contribution is 2.45. The number of hydrogen-bond donors (Lipinski definition) is 0. The summed E-state index contributed by atoms with van der Waals surface area (Å²) < 4.78 is 20.8. The van der Waals surface area contributed by atoms with Gasteiger partial charge in [-0.1, -0.05) is 180 Å². The molecule has 0 aliphatic heterocycles. The van der Waals surface area contributed by atoms with E-state index in [1.165, 1.54) is 44.0 Å². The number of fused-ring (bicyclic) bond motifs is 3. The van der Waals surface area contributed by atoms with Gasteiger partial charge in [0.1, 0.15) is 11.2 Å². The monoisotopic (exact) mass is 758 g/mol. The molecule has 0 fully saturated rings. The zero-order chi connectivity index (χ0) is 39.1. The molecule has 3 nitrogen and oxygen atoms in total. The fourth-order valence-electron chi connectivity index (χ4n) is 6.96. The minimum absolute atomic E-state index is 0.0488. The Kier molecular flexibility index (Phi) is 11.5. The van der Waals surface area contributed by atoms with E-state index in [0.717, 1.165) is 34.5 Å². The van der Waals surface area contributed by atoms with E-state index >= 15 is 0 Å². The Morgan fingerprint density at radius 2 is 0.907 bits per heavy atom. The molecule has 1 heterocycles. The summed E-state index contributed by atoms with van der Waals surface area (Å²) in [4.78, 5) is 0. The minimum atomic E-state index is -1.76. The summed E-state index contributed by atoms with van der Waals surface area (Å²) >= 11 is 0. The van der Waals surface area contributed by atoms with Gasteiger partial charge >= 0.3 is 8.24 Å². The summed E-state index contributed by atoms with van der Waals surface area (Å²) in [5.74, 6) is 0. The van der Waals surface area contributed by atoms with Gasteiger partial charge in [0.2, 0.25) is 0 Å². The molecule has 6 rings (SSSR count). The van der Waals surface area contributed by atoms with Crippen LogP contribution in [0.4, 0.5) is 0 Å². The number of rotatable bonds is 8. The molecule has 284 valence electrons. The van der Waals surface area contributed by atoms with Gasteiger partial charge in [-0.3, -0.25) is 4.52 Å². The Bertz CT molecular complexity index is 2130. The fourth-order valence-corrected chi connectivity index (χ4v) is 10.4. The van der Waals surface area contributed by atoms with Gasteiger partial charge in [0, 0.05) is 28.1 Å². The van der Waals surface area contributed by atoms with Gasteiger partial charge in [-0.25, -0.2) is 0 Å². The third-order valence-electron chi connectivity index (χ3n) is 10.3. The van der Waals surface area contributed by atoms with Crippen LogP contribution in [-0.2, 0) is 34.2 Å². The van der Waals surface area contributed by atoms with Crippen LogP contribution in [0.15, 0.2) is 118 Å². The van der Waals surface area contributed by atoms with Crippen LogP contribution in [0, 0.1) is 0 Å². The zero-order valence-electron chi connectivity index (χ0n) is 34.6. The quantitative estimate of drug-likeness (QED) is 0.145. The van der Waals surface area contributed by atoms with Crippen molar-refractivity contribution in [2.24, 2.45) is 0 Å². The van der Waals surface area contributed by atoms with E-state index in [1.54, 1.807) is 0 Å². The first-order valence-electron chi connectivity index (χ1n) is 19.4. The van der Waals surface area contributed by atoms with Crippen molar-refractivity contribution < 1.29 is 12.9 Å². The number of benzene rings is 5. The highest BCUT2D eigenvalue weighted by Gasteiger charge is 2.29. The summed E-state index contributed by atoms with van der Waals surface area (Å²) in [5, 5.41) is 4.96. The molecule has 0 bridgehead atoms. The van der Waals surface area contributed by atoms with Crippen molar-refractivity contribution >= 4 is 48.7 Å². The van der Waals surface area contributed by atoms with E-state index in [0.29, 0.717) is 6.61 Å². The molecular weight excluding hydrogens is 698 g/mol. The molecule has 0 saturated carbocycles. The van der Waals surface area contributed by atoms with Crippen LogP contribution < -0.4 is 15.1 Å². The van der Waals surface area contributed by atoms with Gasteiger partial charge in [0.05, 0.1) is 6.61 Å². The van der Waals surface area contributed by atoms with Gasteiger partial charge < -0.3 is 8.39 Å². The van der Waals surface area contributed by atoms with Crippen molar-refractivity contribution in [2.75, 3.05) is 6.61 Å². The number of hydrogen-bond acceptors (Lipinski definition) is 3. The topological polar surface area (TPSA) is 35.5 Å². The Hall–Kier alpha value is -3.61. The van der Waals surface area contributed by atoms with Crippen LogP contribution in [-0.4, -0.2) is 6.61 Å². The molecule has 6 aromatic rings. The maximum Gasteiger partial charge on any atom is 0.387 e. The molecule has 0 amide bonds. The molecule has 0 aliphatic rings. The standard InChI is InChI=1S/C49H60O3P2/c1-46(2,3)36-29-40-41-30-37(47(4,5)6)32-43(49(10,11)12)45(41)52-54(51-44(40)42(31-36)48(7,8)9)50-28-27-34-21-19-20-22-35(34)33-53(38-23-15-13-16-24-38)39-25-17-14-18-26-39/h13-26,29-32H,27-28,33H2,1-12H3.